The van der Waals surface area contributed by atoms with E-state index in [0.29, 0.717) is 28.5 Å². The van der Waals surface area contributed by atoms with Crippen LogP contribution in [0.3, 0.4) is 0 Å². The number of anilines is 1. The van der Waals surface area contributed by atoms with Crippen LogP contribution in [0, 0.1) is 12.7 Å². The van der Waals surface area contributed by atoms with E-state index in [0.717, 1.165) is 0 Å². The summed E-state index contributed by atoms with van der Waals surface area (Å²) >= 11 is 3.09. The summed E-state index contributed by atoms with van der Waals surface area (Å²) in [6.45, 7) is 2.09. The number of aromatic nitrogens is 2. The molecule has 0 saturated heterocycles. The Morgan fingerprint density at radius 1 is 1.44 bits per heavy atom. The van der Waals surface area contributed by atoms with Gasteiger partial charge in [-0.1, -0.05) is 0 Å². The van der Waals surface area contributed by atoms with Crippen LogP contribution in [0.5, 0.6) is 0 Å². The first-order chi connectivity index (χ1) is 7.65. The number of hydrogen-bond acceptors (Lipinski definition) is 4. The number of nitrogens with zero attached hydrogens (tertiary/aromatic N) is 2. The molecule has 0 saturated carbocycles. The highest BCUT2D eigenvalue weighted by Gasteiger charge is 2.03. The third-order valence-electron chi connectivity index (χ3n) is 1.93. The number of benzene rings is 1. The maximum absolute atomic E-state index is 13.2. The SMILES string of the molecule is Cc1nnc(CNc2ccc(Br)c(F)c2)o1. The third kappa shape index (κ3) is 2.57. The summed E-state index contributed by atoms with van der Waals surface area (Å²) in [6, 6.07) is 4.79. The molecular weight excluding hydrogens is 277 g/mol. The average Bonchev–Trinajstić information content (AvgIpc) is 2.66. The molecule has 16 heavy (non-hydrogen) atoms. The van der Waals surface area contributed by atoms with Gasteiger partial charge in [0.1, 0.15) is 5.82 Å². The first kappa shape index (κ1) is 11.1. The van der Waals surface area contributed by atoms with Gasteiger partial charge in [-0.3, -0.25) is 0 Å². The van der Waals surface area contributed by atoms with Gasteiger partial charge in [-0.05, 0) is 34.1 Å². The molecule has 1 aromatic carbocycles. The first-order valence-electron chi connectivity index (χ1n) is 4.63. The molecule has 4 nitrogen and oxygen atoms in total. The van der Waals surface area contributed by atoms with E-state index in [1.54, 1.807) is 19.1 Å². The lowest BCUT2D eigenvalue weighted by molar-refractivity contribution is 0.474. The first-order valence-corrected chi connectivity index (χ1v) is 5.42. The molecule has 0 fully saturated rings. The number of halogens is 2. The molecule has 0 aliphatic rings. The molecule has 0 spiro atoms. The molecule has 0 bridgehead atoms. The second kappa shape index (κ2) is 4.61. The van der Waals surface area contributed by atoms with Crippen LogP contribution in [0.2, 0.25) is 0 Å². The Kier molecular flexibility index (Phi) is 3.19. The molecule has 2 aromatic rings. The molecule has 0 atom stereocenters. The average molecular weight is 286 g/mol. The van der Waals surface area contributed by atoms with E-state index in [9.17, 15) is 4.39 Å². The minimum absolute atomic E-state index is 0.313. The maximum atomic E-state index is 13.2. The van der Waals surface area contributed by atoms with Crippen molar-refractivity contribution in [1.82, 2.24) is 10.2 Å². The number of nitrogens with one attached hydrogen (secondary N) is 1. The van der Waals surface area contributed by atoms with Crippen LogP contribution in [-0.4, -0.2) is 10.2 Å². The molecule has 2 rings (SSSR count). The Morgan fingerprint density at radius 3 is 2.88 bits per heavy atom. The second-order valence-electron chi connectivity index (χ2n) is 3.20. The minimum Gasteiger partial charge on any atom is -0.424 e. The predicted octanol–water partition coefficient (Wildman–Crippen LogP) is 2.89. The van der Waals surface area contributed by atoms with Crippen molar-refractivity contribution in [2.24, 2.45) is 0 Å². The predicted molar refractivity (Wildman–Crippen MR) is 60.5 cm³/mol. The minimum atomic E-state index is -0.313. The highest BCUT2D eigenvalue weighted by molar-refractivity contribution is 9.10. The summed E-state index contributed by atoms with van der Waals surface area (Å²) in [6.07, 6.45) is 0. The molecule has 1 N–H and O–H groups in total. The van der Waals surface area contributed by atoms with Gasteiger partial charge in [0.15, 0.2) is 0 Å². The quantitative estimate of drug-likeness (QED) is 0.942. The van der Waals surface area contributed by atoms with Gasteiger partial charge in [0.2, 0.25) is 11.8 Å². The Balaban J connectivity index is 2.02. The van der Waals surface area contributed by atoms with Gasteiger partial charge in [0.05, 0.1) is 11.0 Å². The third-order valence-corrected chi connectivity index (χ3v) is 2.57. The molecule has 0 unspecified atom stereocenters. The molecule has 0 amide bonds. The molecule has 84 valence electrons. The zero-order valence-corrected chi connectivity index (χ0v) is 10.1. The Bertz CT molecular complexity index is 501. The van der Waals surface area contributed by atoms with Crippen LogP contribution in [0.4, 0.5) is 10.1 Å². The smallest absolute Gasteiger partial charge is 0.235 e. The van der Waals surface area contributed by atoms with Crippen molar-refractivity contribution >= 4 is 21.6 Å². The van der Waals surface area contributed by atoms with Crippen molar-refractivity contribution in [1.29, 1.82) is 0 Å². The Hall–Kier alpha value is -1.43. The normalized spacial score (nSPS) is 10.4. The molecule has 0 radical (unpaired) electrons. The summed E-state index contributed by atoms with van der Waals surface area (Å²) in [5.41, 5.74) is 0.663. The van der Waals surface area contributed by atoms with Crippen LogP contribution >= 0.6 is 15.9 Å². The van der Waals surface area contributed by atoms with Crippen molar-refractivity contribution in [3.8, 4) is 0 Å². The monoisotopic (exact) mass is 285 g/mol. The summed E-state index contributed by atoms with van der Waals surface area (Å²) in [5, 5.41) is 10.5. The van der Waals surface area contributed by atoms with Gasteiger partial charge in [-0.2, -0.15) is 0 Å². The fourth-order valence-corrected chi connectivity index (χ4v) is 1.44. The van der Waals surface area contributed by atoms with Crippen molar-refractivity contribution < 1.29 is 8.81 Å². The zero-order valence-electron chi connectivity index (χ0n) is 8.50. The van der Waals surface area contributed by atoms with Crippen LogP contribution in [0.25, 0.3) is 0 Å². The fraction of sp³-hybridized carbons (Fsp3) is 0.200. The van der Waals surface area contributed by atoms with Crippen LogP contribution in [0.1, 0.15) is 11.8 Å². The summed E-state index contributed by atoms with van der Waals surface area (Å²) in [4.78, 5) is 0. The van der Waals surface area contributed by atoms with E-state index in [1.807, 2.05) is 0 Å². The summed E-state index contributed by atoms with van der Waals surface area (Å²) in [5.74, 6) is 0.673. The largest absolute Gasteiger partial charge is 0.424 e. The van der Waals surface area contributed by atoms with E-state index in [4.69, 9.17) is 4.42 Å². The van der Waals surface area contributed by atoms with E-state index < -0.39 is 0 Å². The molecule has 1 aromatic heterocycles. The van der Waals surface area contributed by atoms with E-state index in [1.165, 1.54) is 6.07 Å². The standard InChI is InChI=1S/C10H9BrFN3O/c1-6-14-15-10(16-6)5-13-7-2-3-8(11)9(12)4-7/h2-4,13H,5H2,1H3. The lowest BCUT2D eigenvalue weighted by Gasteiger charge is -2.03. The van der Waals surface area contributed by atoms with Gasteiger partial charge < -0.3 is 9.73 Å². The molecular formula is C10H9BrFN3O. The van der Waals surface area contributed by atoms with E-state index >= 15 is 0 Å². The fourth-order valence-electron chi connectivity index (χ4n) is 1.19. The zero-order chi connectivity index (χ0) is 11.5. The van der Waals surface area contributed by atoms with Crippen molar-refractivity contribution in [2.45, 2.75) is 13.5 Å². The summed E-state index contributed by atoms with van der Waals surface area (Å²) in [7, 11) is 0. The molecule has 0 aliphatic heterocycles. The number of rotatable bonds is 3. The number of aryl methyl sites for hydroxylation is 1. The van der Waals surface area contributed by atoms with Crippen LogP contribution < -0.4 is 5.32 Å². The Labute approximate surface area is 100 Å². The second-order valence-corrected chi connectivity index (χ2v) is 4.05. The lowest BCUT2D eigenvalue weighted by Crippen LogP contribution is -2.00. The summed E-state index contributed by atoms with van der Waals surface area (Å²) < 4.78 is 18.8. The van der Waals surface area contributed by atoms with E-state index in [-0.39, 0.29) is 5.82 Å². The number of hydrogen-bond donors (Lipinski definition) is 1. The maximum Gasteiger partial charge on any atom is 0.235 e. The molecule has 1 heterocycles. The topological polar surface area (TPSA) is 51.0 Å². The van der Waals surface area contributed by atoms with Crippen molar-refractivity contribution in [3.63, 3.8) is 0 Å². The van der Waals surface area contributed by atoms with Crippen molar-refractivity contribution in [2.75, 3.05) is 5.32 Å². The lowest BCUT2D eigenvalue weighted by atomic mass is 10.3. The van der Waals surface area contributed by atoms with Crippen molar-refractivity contribution in [3.05, 3.63) is 40.3 Å². The van der Waals surface area contributed by atoms with Gasteiger partial charge in [-0.25, -0.2) is 4.39 Å². The molecule has 0 aliphatic carbocycles. The van der Waals surface area contributed by atoms with Crippen LogP contribution in [-0.2, 0) is 6.54 Å². The van der Waals surface area contributed by atoms with Crippen LogP contribution in [0.15, 0.2) is 27.1 Å². The molecule has 6 heteroatoms. The van der Waals surface area contributed by atoms with Gasteiger partial charge in [0, 0.05) is 12.6 Å². The van der Waals surface area contributed by atoms with Gasteiger partial charge in [0.25, 0.3) is 0 Å². The highest BCUT2D eigenvalue weighted by Crippen LogP contribution is 2.19. The van der Waals surface area contributed by atoms with Gasteiger partial charge in [-0.15, -0.1) is 10.2 Å². The van der Waals surface area contributed by atoms with E-state index in [2.05, 4.69) is 31.4 Å². The van der Waals surface area contributed by atoms with Gasteiger partial charge >= 0.3 is 0 Å². The Morgan fingerprint density at radius 2 is 2.25 bits per heavy atom. The highest BCUT2D eigenvalue weighted by atomic mass is 79.9.